The van der Waals surface area contributed by atoms with Gasteiger partial charge in [-0.3, -0.25) is 4.79 Å². The van der Waals surface area contributed by atoms with Crippen LogP contribution in [0.4, 0.5) is 18.0 Å². The predicted octanol–water partition coefficient (Wildman–Crippen LogP) is 2.72. The summed E-state index contributed by atoms with van der Waals surface area (Å²) >= 11 is 0. The van der Waals surface area contributed by atoms with Gasteiger partial charge in [0.1, 0.15) is 0 Å². The van der Waals surface area contributed by atoms with Crippen LogP contribution in [-0.4, -0.2) is 47.3 Å². The molecular formula is C14H23F3N2O3. The molecule has 0 aromatic rings. The van der Waals surface area contributed by atoms with Gasteiger partial charge in [0.25, 0.3) is 0 Å². The van der Waals surface area contributed by atoms with Gasteiger partial charge in [-0.05, 0) is 18.3 Å². The van der Waals surface area contributed by atoms with Crippen molar-refractivity contribution in [3.63, 3.8) is 0 Å². The summed E-state index contributed by atoms with van der Waals surface area (Å²) in [6, 6.07) is -1.64. The Hall–Kier alpha value is -1.47. The summed E-state index contributed by atoms with van der Waals surface area (Å²) in [4.78, 5) is 24.6. The molecule has 0 spiro atoms. The van der Waals surface area contributed by atoms with E-state index in [1.165, 1.54) is 4.90 Å². The zero-order valence-electron chi connectivity index (χ0n) is 13.0. The van der Waals surface area contributed by atoms with Crippen LogP contribution < -0.4 is 5.32 Å². The summed E-state index contributed by atoms with van der Waals surface area (Å²) in [5.41, 5.74) is 0. The Balaban J connectivity index is 2.70. The van der Waals surface area contributed by atoms with E-state index in [2.05, 4.69) is 5.32 Å². The number of carbonyl (C=O) groups excluding carboxylic acids is 1. The first-order valence-corrected chi connectivity index (χ1v) is 7.34. The van der Waals surface area contributed by atoms with E-state index in [1.54, 1.807) is 13.8 Å². The number of likely N-dealkylation sites (tertiary alicyclic amines) is 1. The van der Waals surface area contributed by atoms with Crippen molar-refractivity contribution < 1.29 is 27.9 Å². The highest BCUT2D eigenvalue weighted by molar-refractivity contribution is 5.76. The number of alkyl halides is 3. The minimum Gasteiger partial charge on any atom is -0.481 e. The number of carbonyl (C=O) groups is 2. The van der Waals surface area contributed by atoms with Crippen LogP contribution >= 0.6 is 0 Å². The molecule has 2 amide bonds. The van der Waals surface area contributed by atoms with Gasteiger partial charge in [0.2, 0.25) is 0 Å². The number of rotatable bonds is 4. The minimum absolute atomic E-state index is 0.000663. The fourth-order valence-electron chi connectivity index (χ4n) is 2.65. The van der Waals surface area contributed by atoms with Crippen LogP contribution in [0, 0.1) is 17.8 Å². The monoisotopic (exact) mass is 324 g/mol. The molecule has 0 aromatic carbocycles. The number of aliphatic carboxylic acids is 1. The van der Waals surface area contributed by atoms with Gasteiger partial charge in [-0.2, -0.15) is 13.2 Å². The van der Waals surface area contributed by atoms with E-state index in [0.717, 1.165) is 0 Å². The summed E-state index contributed by atoms with van der Waals surface area (Å²) in [6.07, 6.45) is -4.99. The number of urea groups is 1. The van der Waals surface area contributed by atoms with Crippen LogP contribution in [0.25, 0.3) is 0 Å². The molecular weight excluding hydrogens is 301 g/mol. The average molecular weight is 324 g/mol. The molecule has 1 aliphatic rings. The fraction of sp³-hybridized carbons (Fsp3) is 0.857. The topological polar surface area (TPSA) is 69.6 Å². The third kappa shape index (κ3) is 5.73. The van der Waals surface area contributed by atoms with Crippen LogP contribution in [0.5, 0.6) is 0 Å². The van der Waals surface area contributed by atoms with E-state index >= 15 is 0 Å². The molecule has 22 heavy (non-hydrogen) atoms. The Kier molecular flexibility index (Phi) is 6.08. The molecule has 0 radical (unpaired) electrons. The second kappa shape index (κ2) is 7.19. The van der Waals surface area contributed by atoms with E-state index in [1.807, 2.05) is 6.92 Å². The Labute approximate surface area is 127 Å². The van der Waals surface area contributed by atoms with Crippen LogP contribution in [0.1, 0.15) is 33.6 Å². The molecule has 0 aromatic heterocycles. The quantitative estimate of drug-likeness (QED) is 0.835. The number of amides is 2. The highest BCUT2D eigenvalue weighted by Crippen LogP contribution is 2.26. The lowest BCUT2D eigenvalue weighted by Crippen LogP contribution is -2.53. The summed E-state index contributed by atoms with van der Waals surface area (Å²) in [6.45, 7) is 5.42. The molecule has 3 unspecified atom stereocenters. The summed E-state index contributed by atoms with van der Waals surface area (Å²) in [5.74, 6) is -2.03. The highest BCUT2D eigenvalue weighted by Gasteiger charge is 2.36. The van der Waals surface area contributed by atoms with Crippen molar-refractivity contribution in [3.05, 3.63) is 0 Å². The largest absolute Gasteiger partial charge is 0.481 e. The van der Waals surface area contributed by atoms with Crippen molar-refractivity contribution in [1.29, 1.82) is 0 Å². The smallest absolute Gasteiger partial charge is 0.391 e. The number of hydrogen-bond donors (Lipinski definition) is 2. The number of carboxylic acid groups (broad SMARTS) is 1. The molecule has 1 fully saturated rings. The van der Waals surface area contributed by atoms with Crippen LogP contribution in [0.15, 0.2) is 0 Å². The van der Waals surface area contributed by atoms with Gasteiger partial charge in [0.15, 0.2) is 0 Å². The SMILES string of the molecule is CC1CC(C(=O)O)CN(C(=O)NC(CC(F)(F)F)C(C)C)C1. The summed E-state index contributed by atoms with van der Waals surface area (Å²) < 4.78 is 37.6. The molecule has 5 nitrogen and oxygen atoms in total. The Morgan fingerprint density at radius 2 is 1.91 bits per heavy atom. The molecule has 128 valence electrons. The van der Waals surface area contributed by atoms with Crippen LogP contribution in [0.2, 0.25) is 0 Å². The Bertz CT molecular complexity index is 413. The number of carboxylic acids is 1. The zero-order chi connectivity index (χ0) is 17.1. The molecule has 3 atom stereocenters. The van der Waals surface area contributed by atoms with Crippen LogP contribution in [0.3, 0.4) is 0 Å². The fourth-order valence-corrected chi connectivity index (χ4v) is 2.65. The van der Waals surface area contributed by atoms with Gasteiger partial charge >= 0.3 is 18.2 Å². The van der Waals surface area contributed by atoms with Crippen molar-refractivity contribution in [2.75, 3.05) is 13.1 Å². The maximum absolute atomic E-state index is 12.5. The van der Waals surface area contributed by atoms with E-state index in [-0.39, 0.29) is 18.4 Å². The van der Waals surface area contributed by atoms with Gasteiger partial charge in [-0.15, -0.1) is 0 Å². The second-order valence-corrected chi connectivity index (χ2v) is 6.40. The minimum atomic E-state index is -4.36. The lowest BCUT2D eigenvalue weighted by atomic mass is 9.90. The summed E-state index contributed by atoms with van der Waals surface area (Å²) in [7, 11) is 0. The number of piperidine rings is 1. The molecule has 1 rings (SSSR count). The van der Waals surface area contributed by atoms with E-state index in [0.29, 0.717) is 13.0 Å². The lowest BCUT2D eigenvalue weighted by molar-refractivity contribution is -0.143. The maximum Gasteiger partial charge on any atom is 0.391 e. The zero-order valence-corrected chi connectivity index (χ0v) is 13.0. The normalized spacial score (nSPS) is 24.2. The standard InChI is InChI=1S/C14H23F3N2O3/c1-8(2)11(5-14(15,16)17)18-13(22)19-6-9(3)4-10(7-19)12(20)21/h8-11H,4-7H2,1-3H3,(H,18,22)(H,20,21). The molecule has 1 aliphatic heterocycles. The molecule has 0 aliphatic carbocycles. The second-order valence-electron chi connectivity index (χ2n) is 6.40. The Morgan fingerprint density at radius 1 is 1.32 bits per heavy atom. The van der Waals surface area contributed by atoms with E-state index in [4.69, 9.17) is 5.11 Å². The molecule has 8 heteroatoms. The van der Waals surface area contributed by atoms with Crippen LogP contribution in [-0.2, 0) is 4.79 Å². The van der Waals surface area contributed by atoms with Gasteiger partial charge in [-0.1, -0.05) is 20.8 Å². The number of nitrogens with zero attached hydrogens (tertiary/aromatic N) is 1. The lowest BCUT2D eigenvalue weighted by Gasteiger charge is -2.36. The molecule has 1 heterocycles. The predicted molar refractivity (Wildman–Crippen MR) is 74.3 cm³/mol. The first kappa shape index (κ1) is 18.6. The van der Waals surface area contributed by atoms with Gasteiger partial charge in [0.05, 0.1) is 12.3 Å². The van der Waals surface area contributed by atoms with Crippen molar-refractivity contribution in [1.82, 2.24) is 10.2 Å². The van der Waals surface area contributed by atoms with Crippen molar-refractivity contribution in [2.24, 2.45) is 17.8 Å². The van der Waals surface area contributed by atoms with Crippen molar-refractivity contribution in [2.45, 2.75) is 45.8 Å². The molecule has 1 saturated heterocycles. The number of halogens is 3. The number of hydrogen-bond acceptors (Lipinski definition) is 2. The first-order valence-electron chi connectivity index (χ1n) is 7.34. The first-order chi connectivity index (χ1) is 9.99. The third-order valence-electron chi connectivity index (χ3n) is 3.86. The Morgan fingerprint density at radius 3 is 2.36 bits per heavy atom. The van der Waals surface area contributed by atoms with Gasteiger partial charge in [-0.25, -0.2) is 4.79 Å². The average Bonchev–Trinajstić information content (AvgIpc) is 2.35. The van der Waals surface area contributed by atoms with Gasteiger partial charge in [0, 0.05) is 19.1 Å². The molecule has 2 N–H and O–H groups in total. The van der Waals surface area contributed by atoms with E-state index < -0.39 is 36.6 Å². The maximum atomic E-state index is 12.5. The van der Waals surface area contributed by atoms with Crippen molar-refractivity contribution >= 4 is 12.0 Å². The molecule has 0 bridgehead atoms. The summed E-state index contributed by atoms with van der Waals surface area (Å²) in [5, 5.41) is 11.5. The number of nitrogens with one attached hydrogen (secondary N) is 1. The van der Waals surface area contributed by atoms with E-state index in [9.17, 15) is 22.8 Å². The van der Waals surface area contributed by atoms with Gasteiger partial charge < -0.3 is 15.3 Å². The highest BCUT2D eigenvalue weighted by atomic mass is 19.4. The van der Waals surface area contributed by atoms with Crippen molar-refractivity contribution in [3.8, 4) is 0 Å². The third-order valence-corrected chi connectivity index (χ3v) is 3.86. The molecule has 0 saturated carbocycles.